The summed E-state index contributed by atoms with van der Waals surface area (Å²) in [5.41, 5.74) is 5.24. The highest BCUT2D eigenvalue weighted by Crippen LogP contribution is 2.25. The van der Waals surface area contributed by atoms with Crippen LogP contribution in [0.3, 0.4) is 0 Å². The van der Waals surface area contributed by atoms with Gasteiger partial charge in [0.25, 0.3) is 0 Å². The predicted molar refractivity (Wildman–Crippen MR) is 68.3 cm³/mol. The van der Waals surface area contributed by atoms with E-state index in [1.165, 1.54) is 4.88 Å². The van der Waals surface area contributed by atoms with Gasteiger partial charge in [0.2, 0.25) is 5.91 Å². The summed E-state index contributed by atoms with van der Waals surface area (Å²) < 4.78 is 0. The van der Waals surface area contributed by atoms with Crippen LogP contribution in [0.2, 0.25) is 0 Å². The fraction of sp³-hybridized carbons (Fsp3) is 0.583. The van der Waals surface area contributed by atoms with Crippen molar-refractivity contribution in [3.63, 3.8) is 0 Å². The Hall–Kier alpha value is -0.870. The minimum atomic E-state index is -0.249. The van der Waals surface area contributed by atoms with E-state index in [2.05, 4.69) is 36.7 Å². The van der Waals surface area contributed by atoms with Crippen LogP contribution in [0.5, 0.6) is 0 Å². The SMILES string of the molecule is CC(CNC(c1cccs1)C(C)C)C(N)=O. The zero-order valence-corrected chi connectivity index (χ0v) is 10.9. The van der Waals surface area contributed by atoms with Crippen molar-refractivity contribution < 1.29 is 4.79 Å². The van der Waals surface area contributed by atoms with E-state index in [-0.39, 0.29) is 11.8 Å². The summed E-state index contributed by atoms with van der Waals surface area (Å²) in [7, 11) is 0. The summed E-state index contributed by atoms with van der Waals surface area (Å²) in [6.45, 7) is 6.83. The van der Waals surface area contributed by atoms with Crippen LogP contribution in [-0.2, 0) is 4.79 Å². The fourth-order valence-electron chi connectivity index (χ4n) is 1.54. The highest BCUT2D eigenvalue weighted by Gasteiger charge is 2.18. The smallest absolute Gasteiger partial charge is 0.221 e. The Bertz CT molecular complexity index is 322. The van der Waals surface area contributed by atoms with Crippen LogP contribution in [0.4, 0.5) is 0 Å². The number of carbonyl (C=O) groups excluding carboxylic acids is 1. The Labute approximate surface area is 101 Å². The van der Waals surface area contributed by atoms with Gasteiger partial charge in [0, 0.05) is 23.4 Å². The Balaban J connectivity index is 2.57. The zero-order chi connectivity index (χ0) is 12.1. The highest BCUT2D eigenvalue weighted by atomic mass is 32.1. The molecule has 1 amide bonds. The van der Waals surface area contributed by atoms with Crippen molar-refractivity contribution in [2.45, 2.75) is 26.8 Å². The van der Waals surface area contributed by atoms with Crippen molar-refractivity contribution in [2.75, 3.05) is 6.54 Å². The molecule has 0 saturated heterocycles. The third kappa shape index (κ3) is 3.61. The van der Waals surface area contributed by atoms with E-state index in [1.807, 2.05) is 6.92 Å². The Morgan fingerprint density at radius 3 is 2.62 bits per heavy atom. The van der Waals surface area contributed by atoms with E-state index < -0.39 is 0 Å². The first kappa shape index (κ1) is 13.2. The molecule has 1 aromatic heterocycles. The second-order valence-electron chi connectivity index (χ2n) is 4.45. The molecule has 3 N–H and O–H groups in total. The first-order valence-electron chi connectivity index (χ1n) is 5.58. The van der Waals surface area contributed by atoms with Crippen molar-refractivity contribution in [1.29, 1.82) is 0 Å². The standard InChI is InChI=1S/C12H20N2OS/c1-8(2)11(10-5-4-6-16-10)14-7-9(3)12(13)15/h4-6,8-9,11,14H,7H2,1-3H3,(H2,13,15). The molecule has 1 heterocycles. The van der Waals surface area contributed by atoms with Gasteiger partial charge < -0.3 is 11.1 Å². The molecule has 16 heavy (non-hydrogen) atoms. The van der Waals surface area contributed by atoms with E-state index in [4.69, 9.17) is 5.73 Å². The number of amides is 1. The molecule has 0 fully saturated rings. The van der Waals surface area contributed by atoms with Gasteiger partial charge >= 0.3 is 0 Å². The van der Waals surface area contributed by atoms with Crippen LogP contribution in [0.1, 0.15) is 31.7 Å². The molecular formula is C12H20N2OS. The van der Waals surface area contributed by atoms with Gasteiger partial charge in [0.15, 0.2) is 0 Å². The third-order valence-electron chi connectivity index (χ3n) is 2.65. The maximum atomic E-state index is 11.0. The number of nitrogens with two attached hydrogens (primary N) is 1. The summed E-state index contributed by atoms with van der Waals surface area (Å²) in [5, 5.41) is 5.49. The van der Waals surface area contributed by atoms with Gasteiger partial charge in [-0.05, 0) is 17.4 Å². The summed E-state index contributed by atoms with van der Waals surface area (Å²) >= 11 is 1.74. The number of hydrogen-bond donors (Lipinski definition) is 2. The van der Waals surface area contributed by atoms with E-state index >= 15 is 0 Å². The number of thiophene rings is 1. The van der Waals surface area contributed by atoms with E-state index in [1.54, 1.807) is 11.3 Å². The van der Waals surface area contributed by atoms with Crippen LogP contribution in [-0.4, -0.2) is 12.5 Å². The summed E-state index contributed by atoms with van der Waals surface area (Å²) in [4.78, 5) is 12.3. The Morgan fingerprint density at radius 2 is 2.19 bits per heavy atom. The Morgan fingerprint density at radius 1 is 1.50 bits per heavy atom. The van der Waals surface area contributed by atoms with E-state index in [9.17, 15) is 4.79 Å². The van der Waals surface area contributed by atoms with Crippen LogP contribution in [0, 0.1) is 11.8 Å². The van der Waals surface area contributed by atoms with Crippen LogP contribution >= 0.6 is 11.3 Å². The molecule has 4 heteroatoms. The molecule has 0 saturated carbocycles. The van der Waals surface area contributed by atoms with E-state index in [0.29, 0.717) is 18.5 Å². The molecule has 0 aliphatic carbocycles. The van der Waals surface area contributed by atoms with Gasteiger partial charge in [0.1, 0.15) is 0 Å². The predicted octanol–water partition coefficient (Wildman–Crippen LogP) is 2.16. The summed E-state index contributed by atoms with van der Waals surface area (Å²) in [5.74, 6) is 0.126. The average molecular weight is 240 g/mol. The van der Waals surface area contributed by atoms with Crippen molar-refractivity contribution in [3.05, 3.63) is 22.4 Å². The second-order valence-corrected chi connectivity index (χ2v) is 5.43. The average Bonchev–Trinajstić information content (AvgIpc) is 2.70. The maximum absolute atomic E-state index is 11.0. The lowest BCUT2D eigenvalue weighted by molar-refractivity contribution is -0.121. The first-order chi connectivity index (χ1) is 7.52. The maximum Gasteiger partial charge on any atom is 0.221 e. The Kier molecular flexibility index (Phi) is 4.96. The molecule has 0 spiro atoms. The molecule has 1 aromatic rings. The molecule has 2 atom stereocenters. The van der Waals surface area contributed by atoms with Gasteiger partial charge in [-0.2, -0.15) is 0 Å². The van der Waals surface area contributed by atoms with E-state index in [0.717, 1.165) is 0 Å². The summed E-state index contributed by atoms with van der Waals surface area (Å²) in [6.07, 6.45) is 0. The van der Waals surface area contributed by atoms with Crippen LogP contribution < -0.4 is 11.1 Å². The van der Waals surface area contributed by atoms with Gasteiger partial charge in [-0.25, -0.2) is 0 Å². The number of rotatable bonds is 6. The first-order valence-corrected chi connectivity index (χ1v) is 6.46. The van der Waals surface area contributed by atoms with Gasteiger partial charge in [-0.1, -0.05) is 26.8 Å². The highest BCUT2D eigenvalue weighted by molar-refractivity contribution is 7.10. The molecule has 0 bridgehead atoms. The number of nitrogens with one attached hydrogen (secondary N) is 1. The lowest BCUT2D eigenvalue weighted by Crippen LogP contribution is -2.34. The summed E-state index contributed by atoms with van der Waals surface area (Å²) in [6, 6.07) is 4.48. The molecule has 0 aromatic carbocycles. The molecule has 0 radical (unpaired) electrons. The molecule has 0 aliphatic heterocycles. The normalized spacial score (nSPS) is 15.0. The number of carbonyl (C=O) groups is 1. The van der Waals surface area contributed by atoms with Gasteiger partial charge in [-0.3, -0.25) is 4.79 Å². The van der Waals surface area contributed by atoms with Crippen molar-refractivity contribution in [3.8, 4) is 0 Å². The van der Waals surface area contributed by atoms with Crippen LogP contribution in [0.15, 0.2) is 17.5 Å². The van der Waals surface area contributed by atoms with Gasteiger partial charge in [-0.15, -0.1) is 11.3 Å². The lowest BCUT2D eigenvalue weighted by Gasteiger charge is -2.22. The van der Waals surface area contributed by atoms with Crippen LogP contribution in [0.25, 0.3) is 0 Å². The quantitative estimate of drug-likeness (QED) is 0.800. The lowest BCUT2D eigenvalue weighted by atomic mass is 10.0. The molecule has 0 aliphatic rings. The van der Waals surface area contributed by atoms with Crippen molar-refractivity contribution >= 4 is 17.2 Å². The topological polar surface area (TPSA) is 55.1 Å². The zero-order valence-electron chi connectivity index (χ0n) is 10.1. The number of hydrogen-bond acceptors (Lipinski definition) is 3. The molecule has 1 rings (SSSR count). The monoisotopic (exact) mass is 240 g/mol. The molecule has 90 valence electrons. The molecular weight excluding hydrogens is 220 g/mol. The second kappa shape index (κ2) is 6.01. The largest absolute Gasteiger partial charge is 0.369 e. The fourth-order valence-corrected chi connectivity index (χ4v) is 2.51. The van der Waals surface area contributed by atoms with Crippen molar-refractivity contribution in [2.24, 2.45) is 17.6 Å². The van der Waals surface area contributed by atoms with Gasteiger partial charge in [0.05, 0.1) is 0 Å². The van der Waals surface area contributed by atoms with Crippen molar-refractivity contribution in [1.82, 2.24) is 5.32 Å². The minimum absolute atomic E-state index is 0.124. The minimum Gasteiger partial charge on any atom is -0.369 e. The third-order valence-corrected chi connectivity index (χ3v) is 3.60. The molecule has 2 unspecified atom stereocenters. The molecule has 3 nitrogen and oxygen atoms in total. The number of primary amides is 1.